The van der Waals surface area contributed by atoms with E-state index in [0.29, 0.717) is 22.6 Å². The third-order valence-electron chi connectivity index (χ3n) is 3.21. The standard InChI is InChI=1S/C18H13N5O/c19-10-13-3-1-5-15(9-13)22-17-7-6-16(12-21-17)23-18(24)14-4-2-8-20-11-14/h1-9,11-12H,(H,21,22)(H,23,24). The molecule has 0 fully saturated rings. The molecule has 3 rings (SSSR count). The Morgan fingerprint density at radius 3 is 2.67 bits per heavy atom. The zero-order valence-electron chi connectivity index (χ0n) is 12.6. The summed E-state index contributed by atoms with van der Waals surface area (Å²) in [5, 5.41) is 14.8. The summed E-state index contributed by atoms with van der Waals surface area (Å²) in [5.74, 6) is 0.372. The molecule has 1 aromatic carbocycles. The van der Waals surface area contributed by atoms with Gasteiger partial charge in [-0.3, -0.25) is 9.78 Å². The third-order valence-corrected chi connectivity index (χ3v) is 3.21. The molecular weight excluding hydrogens is 302 g/mol. The van der Waals surface area contributed by atoms with Crippen LogP contribution in [0.4, 0.5) is 17.2 Å². The number of carbonyl (C=O) groups is 1. The molecule has 0 radical (unpaired) electrons. The van der Waals surface area contributed by atoms with Gasteiger partial charge in [0.15, 0.2) is 0 Å². The smallest absolute Gasteiger partial charge is 0.257 e. The van der Waals surface area contributed by atoms with E-state index in [9.17, 15) is 4.79 Å². The molecule has 1 amide bonds. The lowest BCUT2D eigenvalue weighted by Gasteiger charge is -2.08. The Balaban J connectivity index is 1.67. The van der Waals surface area contributed by atoms with E-state index in [-0.39, 0.29) is 5.91 Å². The lowest BCUT2D eigenvalue weighted by Crippen LogP contribution is -2.12. The molecule has 0 saturated heterocycles. The van der Waals surface area contributed by atoms with Crippen LogP contribution in [0, 0.1) is 11.3 Å². The van der Waals surface area contributed by atoms with Crippen molar-refractivity contribution in [2.24, 2.45) is 0 Å². The van der Waals surface area contributed by atoms with E-state index < -0.39 is 0 Å². The Bertz CT molecular complexity index is 885. The second-order valence-electron chi connectivity index (χ2n) is 4.95. The van der Waals surface area contributed by atoms with Crippen LogP contribution in [0.1, 0.15) is 15.9 Å². The van der Waals surface area contributed by atoms with Crippen LogP contribution in [0.15, 0.2) is 67.1 Å². The van der Waals surface area contributed by atoms with E-state index in [4.69, 9.17) is 5.26 Å². The van der Waals surface area contributed by atoms with E-state index >= 15 is 0 Å². The van der Waals surface area contributed by atoms with Crippen molar-refractivity contribution < 1.29 is 4.79 Å². The molecule has 6 heteroatoms. The van der Waals surface area contributed by atoms with Gasteiger partial charge >= 0.3 is 0 Å². The highest BCUT2D eigenvalue weighted by molar-refractivity contribution is 6.03. The number of nitriles is 1. The largest absolute Gasteiger partial charge is 0.340 e. The SMILES string of the molecule is N#Cc1cccc(Nc2ccc(NC(=O)c3cccnc3)cn2)c1. The summed E-state index contributed by atoms with van der Waals surface area (Å²) >= 11 is 0. The van der Waals surface area contributed by atoms with Gasteiger partial charge in [0.1, 0.15) is 5.82 Å². The number of aromatic nitrogens is 2. The summed E-state index contributed by atoms with van der Waals surface area (Å²) < 4.78 is 0. The van der Waals surface area contributed by atoms with E-state index in [0.717, 1.165) is 5.69 Å². The number of amides is 1. The Hall–Kier alpha value is -3.72. The van der Waals surface area contributed by atoms with Gasteiger partial charge < -0.3 is 10.6 Å². The molecule has 2 aromatic heterocycles. The Kier molecular flexibility index (Phi) is 4.45. The molecule has 0 bridgehead atoms. The van der Waals surface area contributed by atoms with Gasteiger partial charge in [0.05, 0.1) is 29.1 Å². The van der Waals surface area contributed by atoms with Crippen LogP contribution in [-0.2, 0) is 0 Å². The van der Waals surface area contributed by atoms with Crippen LogP contribution >= 0.6 is 0 Å². The molecule has 3 aromatic rings. The van der Waals surface area contributed by atoms with Gasteiger partial charge in [0, 0.05) is 18.1 Å². The first kappa shape index (κ1) is 15.2. The van der Waals surface area contributed by atoms with Crippen molar-refractivity contribution in [1.82, 2.24) is 9.97 Å². The number of nitrogens with one attached hydrogen (secondary N) is 2. The van der Waals surface area contributed by atoms with Crippen LogP contribution in [0.25, 0.3) is 0 Å². The second kappa shape index (κ2) is 7.03. The highest BCUT2D eigenvalue weighted by Gasteiger charge is 2.06. The quantitative estimate of drug-likeness (QED) is 0.770. The molecule has 0 atom stereocenters. The van der Waals surface area contributed by atoms with Gasteiger partial charge in [0.25, 0.3) is 5.91 Å². The second-order valence-corrected chi connectivity index (χ2v) is 4.95. The van der Waals surface area contributed by atoms with E-state index in [1.807, 2.05) is 6.07 Å². The first-order chi connectivity index (χ1) is 11.7. The molecule has 0 spiro atoms. The van der Waals surface area contributed by atoms with Gasteiger partial charge in [-0.15, -0.1) is 0 Å². The van der Waals surface area contributed by atoms with Crippen molar-refractivity contribution in [3.8, 4) is 6.07 Å². The Morgan fingerprint density at radius 1 is 1.04 bits per heavy atom. The van der Waals surface area contributed by atoms with Crippen molar-refractivity contribution in [2.45, 2.75) is 0 Å². The molecule has 116 valence electrons. The molecule has 0 aliphatic heterocycles. The maximum absolute atomic E-state index is 12.0. The van der Waals surface area contributed by atoms with Gasteiger partial charge in [-0.05, 0) is 42.5 Å². The van der Waals surface area contributed by atoms with Crippen LogP contribution < -0.4 is 10.6 Å². The highest BCUT2D eigenvalue weighted by Crippen LogP contribution is 2.17. The van der Waals surface area contributed by atoms with Crippen molar-refractivity contribution in [3.63, 3.8) is 0 Å². The minimum absolute atomic E-state index is 0.243. The molecule has 24 heavy (non-hydrogen) atoms. The highest BCUT2D eigenvalue weighted by atomic mass is 16.1. The summed E-state index contributed by atoms with van der Waals surface area (Å²) in [6.45, 7) is 0. The van der Waals surface area contributed by atoms with Crippen molar-refractivity contribution in [3.05, 3.63) is 78.2 Å². The number of carbonyl (C=O) groups excluding carboxylic acids is 1. The van der Waals surface area contributed by atoms with E-state index in [2.05, 4.69) is 26.7 Å². The van der Waals surface area contributed by atoms with Gasteiger partial charge in [0.2, 0.25) is 0 Å². The predicted molar refractivity (Wildman–Crippen MR) is 90.9 cm³/mol. The zero-order chi connectivity index (χ0) is 16.8. The molecule has 2 heterocycles. The molecule has 0 aliphatic carbocycles. The average molecular weight is 315 g/mol. The zero-order valence-corrected chi connectivity index (χ0v) is 12.6. The van der Waals surface area contributed by atoms with E-state index in [1.54, 1.807) is 54.9 Å². The van der Waals surface area contributed by atoms with Crippen molar-refractivity contribution in [2.75, 3.05) is 10.6 Å². The maximum Gasteiger partial charge on any atom is 0.257 e. The number of pyridine rings is 2. The summed E-state index contributed by atoms with van der Waals surface area (Å²) in [7, 11) is 0. The van der Waals surface area contributed by atoms with Gasteiger partial charge in [-0.25, -0.2) is 4.98 Å². The first-order valence-corrected chi connectivity index (χ1v) is 7.19. The summed E-state index contributed by atoms with van der Waals surface area (Å²) in [4.78, 5) is 20.2. The molecule has 0 saturated carbocycles. The van der Waals surface area contributed by atoms with Crippen LogP contribution in [0.2, 0.25) is 0 Å². The van der Waals surface area contributed by atoms with Crippen molar-refractivity contribution in [1.29, 1.82) is 5.26 Å². The van der Waals surface area contributed by atoms with Gasteiger partial charge in [-0.2, -0.15) is 5.26 Å². The fourth-order valence-electron chi connectivity index (χ4n) is 2.06. The monoisotopic (exact) mass is 315 g/mol. The Labute approximate surface area is 138 Å². The number of hydrogen-bond donors (Lipinski definition) is 2. The average Bonchev–Trinajstić information content (AvgIpc) is 2.64. The fraction of sp³-hybridized carbons (Fsp3) is 0. The maximum atomic E-state index is 12.0. The summed E-state index contributed by atoms with van der Waals surface area (Å²) in [5.41, 5.74) is 2.40. The number of nitrogens with zero attached hydrogens (tertiary/aromatic N) is 3. The lowest BCUT2D eigenvalue weighted by atomic mass is 10.2. The number of hydrogen-bond acceptors (Lipinski definition) is 5. The van der Waals surface area contributed by atoms with Gasteiger partial charge in [-0.1, -0.05) is 6.07 Å². The van der Waals surface area contributed by atoms with Crippen LogP contribution in [0.5, 0.6) is 0 Å². The predicted octanol–water partition coefficient (Wildman–Crippen LogP) is 3.34. The van der Waals surface area contributed by atoms with E-state index in [1.165, 1.54) is 6.20 Å². The number of rotatable bonds is 4. The summed E-state index contributed by atoms with van der Waals surface area (Å²) in [6, 6.07) is 16.1. The molecule has 2 N–H and O–H groups in total. The fourth-order valence-corrected chi connectivity index (χ4v) is 2.06. The molecular formula is C18H13N5O. The normalized spacial score (nSPS) is 9.79. The molecule has 0 aliphatic rings. The lowest BCUT2D eigenvalue weighted by molar-refractivity contribution is 0.102. The molecule has 0 unspecified atom stereocenters. The van der Waals surface area contributed by atoms with Crippen LogP contribution in [-0.4, -0.2) is 15.9 Å². The summed E-state index contributed by atoms with van der Waals surface area (Å²) in [6.07, 6.45) is 4.67. The number of benzene rings is 1. The third kappa shape index (κ3) is 3.72. The minimum Gasteiger partial charge on any atom is -0.340 e. The van der Waals surface area contributed by atoms with Crippen LogP contribution in [0.3, 0.4) is 0 Å². The Morgan fingerprint density at radius 2 is 1.96 bits per heavy atom. The number of anilines is 3. The minimum atomic E-state index is -0.243. The topological polar surface area (TPSA) is 90.7 Å². The first-order valence-electron chi connectivity index (χ1n) is 7.19. The molecule has 6 nitrogen and oxygen atoms in total. The van der Waals surface area contributed by atoms with Crippen molar-refractivity contribution >= 4 is 23.1 Å².